The smallest absolute Gasteiger partial charge is 0.0195 e. The van der Waals surface area contributed by atoms with Crippen molar-refractivity contribution in [2.75, 3.05) is 21.1 Å². The Bertz CT molecular complexity index is 51.1. The quantitative estimate of drug-likeness (QED) is 0.594. The van der Waals surface area contributed by atoms with Gasteiger partial charge in [0, 0.05) is 0 Å². The fourth-order valence-electron chi connectivity index (χ4n) is 1.21. The van der Waals surface area contributed by atoms with Gasteiger partial charge in [0.1, 0.15) is 0 Å². The summed E-state index contributed by atoms with van der Waals surface area (Å²) in [5.74, 6) is 0. The molecule has 0 saturated heterocycles. The number of rotatable bonds is 7. The molecule has 0 radical (unpaired) electrons. The van der Waals surface area contributed by atoms with E-state index in [4.69, 9.17) is 0 Å². The molecule has 0 atom stereocenters. The van der Waals surface area contributed by atoms with Gasteiger partial charge in [-0.1, -0.05) is 65.2 Å². The predicted molar refractivity (Wildman–Crippen MR) is 78.6 cm³/mol. The molecule has 0 saturated carbocycles. The van der Waals surface area contributed by atoms with E-state index in [9.17, 15) is 0 Å². The monoisotopic (exact) mass is 235 g/mol. The van der Waals surface area contributed by atoms with Gasteiger partial charge in [0.25, 0.3) is 0 Å². The summed E-state index contributed by atoms with van der Waals surface area (Å²) in [7, 11) is 4.50. The zero-order valence-electron chi connectivity index (χ0n) is 12.4. The van der Waals surface area contributed by atoms with Gasteiger partial charge in [0.05, 0.1) is 0 Å². The first-order chi connectivity index (χ1) is 7.91. The molecule has 0 fully saturated rings. The molecular formula is C13H37N3. The molecule has 0 aromatic heterocycles. The molecule has 16 heavy (non-hydrogen) atoms. The highest BCUT2D eigenvalue weighted by Gasteiger charge is 1.87. The minimum absolute atomic E-state index is 1.37. The van der Waals surface area contributed by atoms with E-state index < -0.39 is 0 Å². The lowest BCUT2D eigenvalue weighted by atomic mass is 10.1. The summed E-state index contributed by atoms with van der Waals surface area (Å²) in [6, 6.07) is 0. The highest BCUT2D eigenvalue weighted by atomic mass is 14.4. The average Bonchev–Trinajstić information content (AvgIpc) is 2.41. The van der Waals surface area contributed by atoms with Crippen molar-refractivity contribution in [3.05, 3.63) is 0 Å². The second kappa shape index (κ2) is 46.2. The van der Waals surface area contributed by atoms with Crippen LogP contribution in [0.5, 0.6) is 0 Å². The third-order valence-electron chi connectivity index (χ3n) is 1.96. The van der Waals surface area contributed by atoms with E-state index in [1.54, 1.807) is 0 Å². The van der Waals surface area contributed by atoms with Crippen molar-refractivity contribution in [2.45, 2.75) is 65.2 Å². The van der Waals surface area contributed by atoms with Crippen LogP contribution in [0.3, 0.4) is 0 Å². The van der Waals surface area contributed by atoms with Crippen molar-refractivity contribution in [3.8, 4) is 0 Å². The molecule has 0 aliphatic heterocycles. The molecule has 0 rings (SSSR count). The molecule has 6 N–H and O–H groups in total. The SMILES string of the molecule is CCCCCCCCCC.CN.CN.CN. The van der Waals surface area contributed by atoms with Crippen LogP contribution in [0.4, 0.5) is 0 Å². The molecule has 0 bridgehead atoms. The van der Waals surface area contributed by atoms with Gasteiger partial charge in [-0.05, 0) is 21.1 Å². The van der Waals surface area contributed by atoms with E-state index >= 15 is 0 Å². The number of hydrogen-bond donors (Lipinski definition) is 3. The fraction of sp³-hybridized carbons (Fsp3) is 1.00. The summed E-state index contributed by atoms with van der Waals surface area (Å²) in [6.45, 7) is 4.54. The largest absolute Gasteiger partial charge is 0.333 e. The van der Waals surface area contributed by atoms with E-state index in [1.807, 2.05) is 0 Å². The first-order valence-electron chi connectivity index (χ1n) is 6.65. The van der Waals surface area contributed by atoms with Crippen LogP contribution in [0, 0.1) is 0 Å². The van der Waals surface area contributed by atoms with Crippen LogP contribution in [-0.2, 0) is 0 Å². The highest BCUT2D eigenvalue weighted by Crippen LogP contribution is 2.07. The maximum Gasteiger partial charge on any atom is -0.0195 e. The average molecular weight is 235 g/mol. The van der Waals surface area contributed by atoms with E-state index in [-0.39, 0.29) is 0 Å². The second-order valence-electron chi connectivity index (χ2n) is 3.12. The molecule has 0 aromatic rings. The fourth-order valence-corrected chi connectivity index (χ4v) is 1.21. The van der Waals surface area contributed by atoms with Crippen LogP contribution < -0.4 is 17.2 Å². The Balaban J connectivity index is -0.000000103. The van der Waals surface area contributed by atoms with Crippen molar-refractivity contribution in [3.63, 3.8) is 0 Å². The molecule has 0 unspecified atom stereocenters. The third-order valence-corrected chi connectivity index (χ3v) is 1.96. The standard InChI is InChI=1S/C10H22.3CH5N/c1-3-5-7-9-10-8-6-4-2;3*1-2/h3-10H2,1-2H3;3*2H2,1H3. The topological polar surface area (TPSA) is 78.1 Å². The molecule has 0 aliphatic carbocycles. The van der Waals surface area contributed by atoms with E-state index in [1.165, 1.54) is 72.5 Å². The minimum Gasteiger partial charge on any atom is -0.333 e. The predicted octanol–water partition coefficient (Wildman–Crippen LogP) is 2.87. The van der Waals surface area contributed by atoms with Crippen molar-refractivity contribution in [1.82, 2.24) is 0 Å². The summed E-state index contributed by atoms with van der Waals surface area (Å²) in [6.07, 6.45) is 11.5. The van der Waals surface area contributed by atoms with Gasteiger partial charge in [-0.15, -0.1) is 0 Å². The molecule has 0 heterocycles. The molecule has 3 heteroatoms. The molecule has 104 valence electrons. The molecule has 3 nitrogen and oxygen atoms in total. The second-order valence-corrected chi connectivity index (χ2v) is 3.12. The lowest BCUT2D eigenvalue weighted by Gasteiger charge is -1.97. The Morgan fingerprint density at radius 2 is 0.625 bits per heavy atom. The Morgan fingerprint density at radius 1 is 0.438 bits per heavy atom. The summed E-state index contributed by atoms with van der Waals surface area (Å²) in [5, 5.41) is 0. The van der Waals surface area contributed by atoms with Crippen LogP contribution in [0.1, 0.15) is 65.2 Å². The Kier molecular flexibility index (Phi) is 71.9. The zero-order valence-corrected chi connectivity index (χ0v) is 12.4. The maximum atomic E-state index is 4.50. The van der Waals surface area contributed by atoms with Gasteiger partial charge in [0.15, 0.2) is 0 Å². The van der Waals surface area contributed by atoms with E-state index in [2.05, 4.69) is 31.0 Å². The molecule has 0 aliphatic rings. The first kappa shape index (κ1) is 24.9. The van der Waals surface area contributed by atoms with Crippen molar-refractivity contribution in [1.29, 1.82) is 0 Å². The van der Waals surface area contributed by atoms with Gasteiger partial charge >= 0.3 is 0 Å². The van der Waals surface area contributed by atoms with Gasteiger partial charge in [0.2, 0.25) is 0 Å². The third kappa shape index (κ3) is 48.6. The van der Waals surface area contributed by atoms with E-state index in [0.29, 0.717) is 0 Å². The number of nitrogens with two attached hydrogens (primary N) is 3. The molecule has 0 aromatic carbocycles. The van der Waals surface area contributed by atoms with Crippen LogP contribution in [-0.4, -0.2) is 21.1 Å². The number of hydrogen-bond acceptors (Lipinski definition) is 3. The number of unbranched alkanes of at least 4 members (excludes halogenated alkanes) is 7. The Labute approximate surface area is 104 Å². The minimum atomic E-state index is 1.37. The van der Waals surface area contributed by atoms with Crippen molar-refractivity contribution in [2.24, 2.45) is 17.2 Å². The van der Waals surface area contributed by atoms with Crippen LogP contribution >= 0.6 is 0 Å². The summed E-state index contributed by atoms with van der Waals surface area (Å²) >= 11 is 0. The van der Waals surface area contributed by atoms with E-state index in [0.717, 1.165) is 0 Å². The van der Waals surface area contributed by atoms with Crippen LogP contribution in [0.2, 0.25) is 0 Å². The van der Waals surface area contributed by atoms with Crippen molar-refractivity contribution >= 4 is 0 Å². The zero-order chi connectivity index (χ0) is 13.7. The maximum absolute atomic E-state index is 4.50. The van der Waals surface area contributed by atoms with Crippen LogP contribution in [0.25, 0.3) is 0 Å². The molecule has 0 amide bonds. The van der Waals surface area contributed by atoms with Gasteiger partial charge in [-0.3, -0.25) is 0 Å². The lowest BCUT2D eigenvalue weighted by Crippen LogP contribution is -1.77. The Hall–Kier alpha value is -0.120. The lowest BCUT2D eigenvalue weighted by molar-refractivity contribution is 0.585. The molecule has 0 spiro atoms. The first-order valence-corrected chi connectivity index (χ1v) is 6.65. The summed E-state index contributed by atoms with van der Waals surface area (Å²) in [5.41, 5.74) is 13.5. The summed E-state index contributed by atoms with van der Waals surface area (Å²) < 4.78 is 0. The van der Waals surface area contributed by atoms with Crippen molar-refractivity contribution < 1.29 is 0 Å². The van der Waals surface area contributed by atoms with Crippen LogP contribution in [0.15, 0.2) is 0 Å². The molecular weight excluding hydrogens is 198 g/mol. The Morgan fingerprint density at radius 3 is 0.812 bits per heavy atom. The van der Waals surface area contributed by atoms with Gasteiger partial charge in [-0.25, -0.2) is 0 Å². The van der Waals surface area contributed by atoms with Gasteiger partial charge in [-0.2, -0.15) is 0 Å². The highest BCUT2D eigenvalue weighted by molar-refractivity contribution is 4.43. The normalized spacial score (nSPS) is 7.50. The van der Waals surface area contributed by atoms with Gasteiger partial charge < -0.3 is 17.2 Å². The summed E-state index contributed by atoms with van der Waals surface area (Å²) in [4.78, 5) is 0.